The Morgan fingerprint density at radius 1 is 1.10 bits per heavy atom. The molecule has 1 fully saturated rings. The third kappa shape index (κ3) is 4.22. The lowest BCUT2D eigenvalue weighted by Gasteiger charge is -2.23. The standard InChI is InChI=1S/C17H24F3N/c1-12-5-6-21(10-12)11-13-7-14(16(2,3)4)9-15(8-13)17(18,19)20/h7-9,12H,5-6,10-11H2,1-4H3/t12-/m1/s1. The van der Waals surface area contributed by atoms with Crippen molar-refractivity contribution in [1.29, 1.82) is 0 Å². The number of benzene rings is 1. The van der Waals surface area contributed by atoms with Crippen LogP contribution in [0.25, 0.3) is 0 Å². The first-order valence-electron chi connectivity index (χ1n) is 7.50. The fourth-order valence-corrected chi connectivity index (χ4v) is 2.81. The van der Waals surface area contributed by atoms with Crippen LogP contribution in [0.3, 0.4) is 0 Å². The van der Waals surface area contributed by atoms with Gasteiger partial charge in [0, 0.05) is 13.1 Å². The highest BCUT2D eigenvalue weighted by Gasteiger charge is 2.32. The quantitative estimate of drug-likeness (QED) is 0.755. The normalized spacial score (nSPS) is 21.0. The smallest absolute Gasteiger partial charge is 0.299 e. The number of nitrogens with zero attached hydrogens (tertiary/aromatic N) is 1. The highest BCUT2D eigenvalue weighted by Crippen LogP contribution is 2.34. The number of halogens is 3. The van der Waals surface area contributed by atoms with E-state index in [1.54, 1.807) is 0 Å². The van der Waals surface area contributed by atoms with E-state index in [0.29, 0.717) is 12.5 Å². The zero-order valence-corrected chi connectivity index (χ0v) is 13.2. The van der Waals surface area contributed by atoms with Gasteiger partial charge in [-0.2, -0.15) is 13.2 Å². The second kappa shape index (κ2) is 5.64. The minimum Gasteiger partial charge on any atom is -0.299 e. The van der Waals surface area contributed by atoms with Crippen LogP contribution in [0.1, 0.15) is 50.8 Å². The second-order valence-corrected chi connectivity index (χ2v) is 7.30. The molecular formula is C17H24F3N. The fourth-order valence-electron chi connectivity index (χ4n) is 2.81. The minimum absolute atomic E-state index is 0.283. The Balaban J connectivity index is 2.31. The van der Waals surface area contributed by atoms with E-state index >= 15 is 0 Å². The van der Waals surface area contributed by atoms with E-state index in [0.717, 1.165) is 30.6 Å². The summed E-state index contributed by atoms with van der Waals surface area (Å²) < 4.78 is 39.3. The van der Waals surface area contributed by atoms with Gasteiger partial charge < -0.3 is 0 Å². The summed E-state index contributed by atoms with van der Waals surface area (Å²) in [6, 6.07) is 4.52. The van der Waals surface area contributed by atoms with Crippen LogP contribution in [0.15, 0.2) is 18.2 Å². The predicted molar refractivity (Wildman–Crippen MR) is 79.2 cm³/mol. The maximum absolute atomic E-state index is 13.1. The molecule has 4 heteroatoms. The van der Waals surface area contributed by atoms with Crippen LogP contribution < -0.4 is 0 Å². The summed E-state index contributed by atoms with van der Waals surface area (Å²) in [7, 11) is 0. The molecule has 1 aliphatic rings. The number of rotatable bonds is 2. The molecule has 1 nitrogen and oxygen atoms in total. The van der Waals surface area contributed by atoms with Gasteiger partial charge in [0.15, 0.2) is 0 Å². The Morgan fingerprint density at radius 2 is 1.71 bits per heavy atom. The van der Waals surface area contributed by atoms with Crippen molar-refractivity contribution in [3.05, 3.63) is 34.9 Å². The summed E-state index contributed by atoms with van der Waals surface area (Å²) in [6.07, 6.45) is -3.15. The lowest BCUT2D eigenvalue weighted by atomic mass is 9.85. The molecule has 0 aromatic heterocycles. The van der Waals surface area contributed by atoms with Gasteiger partial charge in [0.2, 0.25) is 0 Å². The SMILES string of the molecule is C[C@@H]1CCN(Cc2cc(C(C)(C)C)cc(C(F)(F)F)c2)C1. The topological polar surface area (TPSA) is 3.24 Å². The van der Waals surface area contributed by atoms with Gasteiger partial charge in [0.25, 0.3) is 0 Å². The molecule has 1 aromatic rings. The van der Waals surface area contributed by atoms with Crippen LogP contribution in [0, 0.1) is 5.92 Å². The predicted octanol–water partition coefficient (Wildman–Crippen LogP) is 4.84. The number of likely N-dealkylation sites (tertiary alicyclic amines) is 1. The van der Waals surface area contributed by atoms with Crippen LogP contribution in [-0.4, -0.2) is 18.0 Å². The molecule has 21 heavy (non-hydrogen) atoms. The lowest BCUT2D eigenvalue weighted by molar-refractivity contribution is -0.137. The molecule has 118 valence electrons. The number of hydrogen-bond donors (Lipinski definition) is 0. The zero-order chi connectivity index (χ0) is 15.8. The van der Waals surface area contributed by atoms with E-state index < -0.39 is 11.7 Å². The van der Waals surface area contributed by atoms with Crippen molar-refractivity contribution in [3.63, 3.8) is 0 Å². The third-order valence-corrected chi connectivity index (χ3v) is 4.10. The van der Waals surface area contributed by atoms with E-state index in [1.165, 1.54) is 12.1 Å². The molecule has 1 atom stereocenters. The van der Waals surface area contributed by atoms with Crippen molar-refractivity contribution in [1.82, 2.24) is 4.90 Å². The molecule has 0 aliphatic carbocycles. The summed E-state index contributed by atoms with van der Waals surface area (Å²) >= 11 is 0. The molecule has 2 rings (SSSR count). The molecular weight excluding hydrogens is 275 g/mol. The van der Waals surface area contributed by atoms with Gasteiger partial charge >= 0.3 is 6.18 Å². The van der Waals surface area contributed by atoms with E-state index in [1.807, 2.05) is 26.8 Å². The van der Waals surface area contributed by atoms with Crippen molar-refractivity contribution in [3.8, 4) is 0 Å². The van der Waals surface area contributed by atoms with E-state index in [9.17, 15) is 13.2 Å². The molecule has 1 heterocycles. The maximum atomic E-state index is 13.1. The van der Waals surface area contributed by atoms with E-state index in [-0.39, 0.29) is 5.41 Å². The van der Waals surface area contributed by atoms with Gasteiger partial charge in [-0.3, -0.25) is 4.90 Å². The first-order chi connectivity index (χ1) is 9.55. The van der Waals surface area contributed by atoms with Crippen molar-refractivity contribution in [2.45, 2.75) is 52.3 Å². The van der Waals surface area contributed by atoms with Gasteiger partial charge in [-0.1, -0.05) is 33.8 Å². The Bertz CT molecular complexity index is 467. The molecule has 0 spiro atoms. The van der Waals surface area contributed by atoms with Crippen LogP contribution in [0.4, 0.5) is 13.2 Å². The molecule has 1 aliphatic heterocycles. The molecule has 0 saturated carbocycles. The average Bonchev–Trinajstić information content (AvgIpc) is 2.72. The van der Waals surface area contributed by atoms with Gasteiger partial charge in [-0.25, -0.2) is 0 Å². The summed E-state index contributed by atoms with van der Waals surface area (Å²) in [5.74, 6) is 0.637. The van der Waals surface area contributed by atoms with Gasteiger partial charge in [-0.05, 0) is 47.6 Å². The average molecular weight is 299 g/mol. The number of hydrogen-bond acceptors (Lipinski definition) is 1. The molecule has 0 amide bonds. The third-order valence-electron chi connectivity index (χ3n) is 4.10. The van der Waals surface area contributed by atoms with Gasteiger partial charge in [0.05, 0.1) is 5.56 Å². The first-order valence-corrected chi connectivity index (χ1v) is 7.50. The van der Waals surface area contributed by atoms with E-state index in [2.05, 4.69) is 11.8 Å². The van der Waals surface area contributed by atoms with Crippen LogP contribution in [0.5, 0.6) is 0 Å². The molecule has 0 unspecified atom stereocenters. The Kier molecular flexibility index (Phi) is 4.39. The molecule has 1 saturated heterocycles. The molecule has 0 radical (unpaired) electrons. The fraction of sp³-hybridized carbons (Fsp3) is 0.647. The van der Waals surface area contributed by atoms with Crippen LogP contribution in [0.2, 0.25) is 0 Å². The Hall–Kier alpha value is -1.03. The minimum atomic E-state index is -4.28. The first kappa shape index (κ1) is 16.3. The molecule has 0 bridgehead atoms. The molecule has 0 N–H and O–H groups in total. The summed E-state index contributed by atoms with van der Waals surface area (Å²) in [4.78, 5) is 2.24. The summed E-state index contributed by atoms with van der Waals surface area (Å²) in [5, 5.41) is 0. The van der Waals surface area contributed by atoms with Crippen molar-refractivity contribution >= 4 is 0 Å². The largest absolute Gasteiger partial charge is 0.416 e. The number of alkyl halides is 3. The highest BCUT2D eigenvalue weighted by molar-refractivity contribution is 5.35. The van der Waals surface area contributed by atoms with Crippen molar-refractivity contribution in [2.75, 3.05) is 13.1 Å². The Labute approximate surface area is 125 Å². The monoisotopic (exact) mass is 299 g/mol. The van der Waals surface area contributed by atoms with E-state index in [4.69, 9.17) is 0 Å². The van der Waals surface area contributed by atoms with Crippen LogP contribution in [-0.2, 0) is 18.1 Å². The zero-order valence-electron chi connectivity index (χ0n) is 13.2. The van der Waals surface area contributed by atoms with Crippen molar-refractivity contribution < 1.29 is 13.2 Å². The van der Waals surface area contributed by atoms with Crippen molar-refractivity contribution in [2.24, 2.45) is 5.92 Å². The highest BCUT2D eigenvalue weighted by atomic mass is 19.4. The Morgan fingerprint density at radius 3 is 2.19 bits per heavy atom. The second-order valence-electron chi connectivity index (χ2n) is 7.30. The van der Waals surface area contributed by atoms with Gasteiger partial charge in [-0.15, -0.1) is 0 Å². The lowest BCUT2D eigenvalue weighted by Crippen LogP contribution is -2.21. The summed E-state index contributed by atoms with van der Waals surface area (Å²) in [5.41, 5.74) is 0.703. The van der Waals surface area contributed by atoms with Gasteiger partial charge in [0.1, 0.15) is 0 Å². The molecule has 1 aromatic carbocycles. The summed E-state index contributed by atoms with van der Waals surface area (Å²) in [6.45, 7) is 10.6. The van der Waals surface area contributed by atoms with Crippen LogP contribution >= 0.6 is 0 Å². The maximum Gasteiger partial charge on any atom is 0.416 e.